The minimum absolute atomic E-state index is 0.000231. The van der Waals surface area contributed by atoms with Gasteiger partial charge in [0.1, 0.15) is 6.04 Å². The van der Waals surface area contributed by atoms with Gasteiger partial charge in [0.15, 0.2) is 0 Å². The normalized spacial score (nSPS) is 40.3. The molecule has 5 heteroatoms. The Kier molecular flexibility index (Phi) is 3.25. The van der Waals surface area contributed by atoms with E-state index in [0.29, 0.717) is 19.1 Å². The SMILES string of the molecule is CCO[C@@H]1C[C@@H]1C(=O)N1C[C@@H]2CCC[C@@H]2[C@@H]1C(=O)O. The second-order valence-electron chi connectivity index (χ2n) is 5.96. The van der Waals surface area contributed by atoms with Gasteiger partial charge in [-0.15, -0.1) is 0 Å². The van der Waals surface area contributed by atoms with Crippen molar-refractivity contribution < 1.29 is 19.4 Å². The third-order valence-corrected chi connectivity index (χ3v) is 4.86. The average Bonchev–Trinajstić information content (AvgIpc) is 2.82. The number of amides is 1. The molecule has 0 aromatic rings. The quantitative estimate of drug-likeness (QED) is 0.829. The second kappa shape index (κ2) is 4.78. The summed E-state index contributed by atoms with van der Waals surface area (Å²) in [7, 11) is 0. The van der Waals surface area contributed by atoms with Gasteiger partial charge in [0.25, 0.3) is 0 Å². The standard InChI is InChI=1S/C14H21NO4/c1-2-19-11-6-10(11)13(16)15-7-8-4-3-5-9(8)12(15)14(17)18/h8-12H,2-7H2,1H3,(H,17,18)/t8-,9-,10-,11+,12+/m0/s1. The van der Waals surface area contributed by atoms with Gasteiger partial charge in [-0.2, -0.15) is 0 Å². The van der Waals surface area contributed by atoms with Gasteiger partial charge in [-0.3, -0.25) is 4.79 Å². The maximum atomic E-state index is 12.4. The molecule has 0 aromatic carbocycles. The number of hydrogen-bond acceptors (Lipinski definition) is 3. The molecule has 3 rings (SSSR count). The predicted octanol–water partition coefficient (Wildman–Crippen LogP) is 1.12. The van der Waals surface area contributed by atoms with Gasteiger partial charge in [0.05, 0.1) is 12.0 Å². The van der Waals surface area contributed by atoms with E-state index in [-0.39, 0.29) is 23.8 Å². The van der Waals surface area contributed by atoms with Gasteiger partial charge in [-0.1, -0.05) is 6.42 Å². The highest BCUT2D eigenvalue weighted by molar-refractivity contribution is 5.88. The van der Waals surface area contributed by atoms with E-state index in [1.54, 1.807) is 4.90 Å². The number of carbonyl (C=O) groups is 2. The van der Waals surface area contributed by atoms with Crippen LogP contribution in [-0.4, -0.2) is 47.2 Å². The van der Waals surface area contributed by atoms with Crippen LogP contribution in [0, 0.1) is 17.8 Å². The van der Waals surface area contributed by atoms with Crippen LogP contribution in [-0.2, 0) is 14.3 Å². The molecule has 1 heterocycles. The summed E-state index contributed by atoms with van der Waals surface area (Å²) in [6.45, 7) is 3.16. The summed E-state index contributed by atoms with van der Waals surface area (Å²) in [4.78, 5) is 25.5. The van der Waals surface area contributed by atoms with Crippen molar-refractivity contribution in [2.75, 3.05) is 13.2 Å². The number of carbonyl (C=O) groups excluding carboxylic acids is 1. The molecule has 0 unspecified atom stereocenters. The summed E-state index contributed by atoms with van der Waals surface area (Å²) >= 11 is 0. The molecule has 1 N–H and O–H groups in total. The molecule has 1 amide bonds. The van der Waals surface area contributed by atoms with Gasteiger partial charge >= 0.3 is 5.97 Å². The van der Waals surface area contributed by atoms with E-state index in [9.17, 15) is 14.7 Å². The fraction of sp³-hybridized carbons (Fsp3) is 0.857. The van der Waals surface area contributed by atoms with Crippen LogP contribution < -0.4 is 0 Å². The molecule has 3 aliphatic rings. The molecule has 0 aromatic heterocycles. The zero-order valence-corrected chi connectivity index (χ0v) is 11.2. The summed E-state index contributed by atoms with van der Waals surface area (Å²) in [5, 5.41) is 9.43. The maximum Gasteiger partial charge on any atom is 0.326 e. The number of aliphatic carboxylic acids is 1. The van der Waals surface area contributed by atoms with Crippen molar-refractivity contribution in [1.82, 2.24) is 4.90 Å². The number of carboxylic acids is 1. The predicted molar refractivity (Wildman–Crippen MR) is 67.5 cm³/mol. The molecule has 2 aliphatic carbocycles. The molecule has 1 aliphatic heterocycles. The fourth-order valence-electron chi connectivity index (χ4n) is 3.89. The van der Waals surface area contributed by atoms with Crippen LogP contribution >= 0.6 is 0 Å². The number of nitrogens with zero attached hydrogens (tertiary/aromatic N) is 1. The lowest BCUT2D eigenvalue weighted by Crippen LogP contribution is -2.44. The summed E-state index contributed by atoms with van der Waals surface area (Å²) < 4.78 is 5.44. The molecule has 5 atom stereocenters. The summed E-state index contributed by atoms with van der Waals surface area (Å²) in [5.74, 6) is -0.364. The minimum atomic E-state index is -0.837. The molecule has 0 spiro atoms. The van der Waals surface area contributed by atoms with E-state index in [1.807, 2.05) is 6.92 Å². The van der Waals surface area contributed by atoms with Gasteiger partial charge in [0.2, 0.25) is 5.91 Å². The van der Waals surface area contributed by atoms with Crippen LogP contribution in [0.1, 0.15) is 32.6 Å². The molecule has 5 nitrogen and oxygen atoms in total. The Balaban J connectivity index is 1.70. The Bertz CT molecular complexity index is 397. The third kappa shape index (κ3) is 2.14. The Morgan fingerprint density at radius 1 is 1.37 bits per heavy atom. The lowest BCUT2D eigenvalue weighted by molar-refractivity contribution is -0.150. The van der Waals surface area contributed by atoms with E-state index in [0.717, 1.165) is 25.7 Å². The zero-order chi connectivity index (χ0) is 13.6. The monoisotopic (exact) mass is 267 g/mol. The Labute approximate surface area is 112 Å². The first-order chi connectivity index (χ1) is 9.13. The highest BCUT2D eigenvalue weighted by atomic mass is 16.5. The van der Waals surface area contributed by atoms with Crippen LogP contribution in [0.5, 0.6) is 0 Å². The molecule has 19 heavy (non-hydrogen) atoms. The van der Waals surface area contributed by atoms with Crippen molar-refractivity contribution in [2.45, 2.75) is 44.8 Å². The number of fused-ring (bicyclic) bond motifs is 1. The Morgan fingerprint density at radius 3 is 2.84 bits per heavy atom. The van der Waals surface area contributed by atoms with E-state index in [4.69, 9.17) is 4.74 Å². The van der Waals surface area contributed by atoms with Gasteiger partial charge in [-0.25, -0.2) is 4.79 Å². The topological polar surface area (TPSA) is 66.8 Å². The lowest BCUT2D eigenvalue weighted by atomic mass is 9.94. The Hall–Kier alpha value is -1.10. The minimum Gasteiger partial charge on any atom is -0.480 e. The molecule has 0 radical (unpaired) electrons. The molecule has 2 saturated carbocycles. The van der Waals surface area contributed by atoms with Gasteiger partial charge < -0.3 is 14.7 Å². The summed E-state index contributed by atoms with van der Waals surface area (Å²) in [6.07, 6.45) is 3.90. The Morgan fingerprint density at radius 2 is 2.16 bits per heavy atom. The lowest BCUT2D eigenvalue weighted by Gasteiger charge is -2.24. The van der Waals surface area contributed by atoms with Crippen molar-refractivity contribution >= 4 is 11.9 Å². The van der Waals surface area contributed by atoms with Crippen molar-refractivity contribution in [3.05, 3.63) is 0 Å². The largest absolute Gasteiger partial charge is 0.480 e. The molecule has 1 saturated heterocycles. The van der Waals surface area contributed by atoms with Crippen molar-refractivity contribution in [1.29, 1.82) is 0 Å². The molecular formula is C14H21NO4. The van der Waals surface area contributed by atoms with E-state index < -0.39 is 12.0 Å². The number of rotatable bonds is 4. The van der Waals surface area contributed by atoms with Crippen LogP contribution in [0.25, 0.3) is 0 Å². The zero-order valence-electron chi connectivity index (χ0n) is 11.2. The fourth-order valence-corrected chi connectivity index (χ4v) is 3.89. The van der Waals surface area contributed by atoms with Crippen LogP contribution in [0.4, 0.5) is 0 Å². The van der Waals surface area contributed by atoms with Gasteiger partial charge in [0, 0.05) is 13.2 Å². The highest BCUT2D eigenvalue weighted by Crippen LogP contribution is 2.45. The van der Waals surface area contributed by atoms with Crippen molar-refractivity contribution in [2.24, 2.45) is 17.8 Å². The summed E-state index contributed by atoms with van der Waals surface area (Å²) in [5.41, 5.74) is 0. The second-order valence-corrected chi connectivity index (χ2v) is 5.96. The molecular weight excluding hydrogens is 246 g/mol. The average molecular weight is 267 g/mol. The van der Waals surface area contributed by atoms with E-state index in [2.05, 4.69) is 0 Å². The highest BCUT2D eigenvalue weighted by Gasteiger charge is 2.54. The third-order valence-electron chi connectivity index (χ3n) is 4.86. The molecule has 0 bridgehead atoms. The van der Waals surface area contributed by atoms with E-state index in [1.165, 1.54) is 0 Å². The van der Waals surface area contributed by atoms with Crippen LogP contribution in [0.2, 0.25) is 0 Å². The maximum absolute atomic E-state index is 12.4. The smallest absolute Gasteiger partial charge is 0.326 e. The number of carboxylic acid groups (broad SMARTS) is 1. The summed E-state index contributed by atoms with van der Waals surface area (Å²) in [6, 6.07) is -0.595. The number of likely N-dealkylation sites (tertiary alicyclic amines) is 1. The van der Waals surface area contributed by atoms with Crippen LogP contribution in [0.3, 0.4) is 0 Å². The number of ether oxygens (including phenoxy) is 1. The number of hydrogen-bond donors (Lipinski definition) is 1. The first-order valence-electron chi connectivity index (χ1n) is 7.28. The van der Waals surface area contributed by atoms with Gasteiger partial charge in [-0.05, 0) is 38.0 Å². The van der Waals surface area contributed by atoms with E-state index >= 15 is 0 Å². The first kappa shape index (κ1) is 12.9. The van der Waals surface area contributed by atoms with Crippen molar-refractivity contribution in [3.63, 3.8) is 0 Å². The molecule has 106 valence electrons. The van der Waals surface area contributed by atoms with Crippen molar-refractivity contribution in [3.8, 4) is 0 Å². The first-order valence-corrected chi connectivity index (χ1v) is 7.28. The molecule has 3 fully saturated rings. The van der Waals surface area contributed by atoms with Crippen LogP contribution in [0.15, 0.2) is 0 Å².